The minimum atomic E-state index is -0.285. The molecular weight excluding hydrogens is 332 g/mol. The fourth-order valence-corrected chi connectivity index (χ4v) is 3.97. The number of aliphatic hydroxyl groups is 1. The van der Waals surface area contributed by atoms with E-state index < -0.39 is 0 Å². The molecule has 0 spiro atoms. The highest BCUT2D eigenvalue weighted by molar-refractivity contribution is 5.97. The summed E-state index contributed by atoms with van der Waals surface area (Å²) in [6.07, 6.45) is 7.71. The number of aryl methyl sites for hydroxylation is 3. The summed E-state index contributed by atoms with van der Waals surface area (Å²) in [5, 5.41) is 17.0. The standard InChI is InChI=1S/C19H24N4O3/c1-23-10-13(9-20-23)17(12-6-14(24)7-12)22-18(25)15-8-11-4-3-5-16(11)21-19(15)26-2/h8-10,12,14,17,24H,3-7H2,1-2H3,(H,22,25)/t12?,14?,17-/m1/s1. The predicted molar refractivity (Wildman–Crippen MR) is 95.0 cm³/mol. The molecule has 2 heterocycles. The zero-order valence-corrected chi connectivity index (χ0v) is 15.1. The molecular formula is C19H24N4O3. The Bertz CT molecular complexity index is 826. The molecule has 2 aromatic heterocycles. The average molecular weight is 356 g/mol. The summed E-state index contributed by atoms with van der Waals surface area (Å²) in [6, 6.07) is 1.73. The van der Waals surface area contributed by atoms with Crippen molar-refractivity contribution in [2.45, 2.75) is 44.2 Å². The number of pyridine rings is 1. The van der Waals surface area contributed by atoms with Crippen molar-refractivity contribution in [2.24, 2.45) is 13.0 Å². The maximum Gasteiger partial charge on any atom is 0.257 e. The lowest BCUT2D eigenvalue weighted by Gasteiger charge is -2.37. The number of nitrogens with one attached hydrogen (secondary N) is 1. The maximum atomic E-state index is 13.0. The van der Waals surface area contributed by atoms with Crippen LogP contribution in [0.1, 0.15) is 52.5 Å². The molecule has 4 rings (SSSR count). The molecule has 0 aliphatic heterocycles. The van der Waals surface area contributed by atoms with E-state index in [1.54, 1.807) is 18.0 Å². The van der Waals surface area contributed by atoms with Crippen molar-refractivity contribution in [3.05, 3.63) is 40.8 Å². The largest absolute Gasteiger partial charge is 0.480 e. The summed E-state index contributed by atoms with van der Waals surface area (Å²) in [7, 11) is 3.40. The van der Waals surface area contributed by atoms with Gasteiger partial charge in [0.1, 0.15) is 5.56 Å². The van der Waals surface area contributed by atoms with Gasteiger partial charge in [0.25, 0.3) is 5.91 Å². The van der Waals surface area contributed by atoms with Gasteiger partial charge in [0, 0.05) is 24.5 Å². The highest BCUT2D eigenvalue weighted by Gasteiger charge is 2.37. The third-order valence-electron chi connectivity index (χ3n) is 5.45. The van der Waals surface area contributed by atoms with Crippen molar-refractivity contribution in [3.8, 4) is 5.88 Å². The molecule has 2 aromatic rings. The Hall–Kier alpha value is -2.41. The fraction of sp³-hybridized carbons (Fsp3) is 0.526. The van der Waals surface area contributed by atoms with E-state index in [-0.39, 0.29) is 24.0 Å². The van der Waals surface area contributed by atoms with Crippen LogP contribution in [0.25, 0.3) is 0 Å². The molecule has 0 aromatic carbocycles. The molecule has 7 nitrogen and oxygen atoms in total. The molecule has 2 N–H and O–H groups in total. The molecule has 1 amide bonds. The Morgan fingerprint density at radius 3 is 2.88 bits per heavy atom. The zero-order chi connectivity index (χ0) is 18.3. The third kappa shape index (κ3) is 3.07. The Morgan fingerprint density at radius 2 is 2.23 bits per heavy atom. The lowest BCUT2D eigenvalue weighted by Crippen LogP contribution is -2.41. The molecule has 1 saturated carbocycles. The highest BCUT2D eigenvalue weighted by Crippen LogP contribution is 2.38. The topological polar surface area (TPSA) is 89.3 Å². The van der Waals surface area contributed by atoms with Gasteiger partial charge in [-0.05, 0) is 49.7 Å². The van der Waals surface area contributed by atoms with E-state index in [1.807, 2.05) is 19.3 Å². The van der Waals surface area contributed by atoms with E-state index in [4.69, 9.17) is 4.74 Å². The van der Waals surface area contributed by atoms with E-state index in [1.165, 1.54) is 0 Å². The first-order valence-electron chi connectivity index (χ1n) is 9.09. The first kappa shape index (κ1) is 17.0. The molecule has 0 unspecified atom stereocenters. The van der Waals surface area contributed by atoms with Crippen LogP contribution in [0.5, 0.6) is 5.88 Å². The molecule has 26 heavy (non-hydrogen) atoms. The number of aromatic nitrogens is 3. The summed E-state index contributed by atoms with van der Waals surface area (Å²) in [4.78, 5) is 17.5. The Labute approximate surface area is 152 Å². The van der Waals surface area contributed by atoms with E-state index in [2.05, 4.69) is 15.4 Å². The summed E-state index contributed by atoms with van der Waals surface area (Å²) in [6.45, 7) is 0. The van der Waals surface area contributed by atoms with Gasteiger partial charge in [0.15, 0.2) is 0 Å². The minimum absolute atomic E-state index is 0.183. The van der Waals surface area contributed by atoms with Crippen LogP contribution in [-0.2, 0) is 19.9 Å². The van der Waals surface area contributed by atoms with Crippen LogP contribution in [0.3, 0.4) is 0 Å². The number of carbonyl (C=O) groups is 1. The molecule has 7 heteroatoms. The first-order valence-corrected chi connectivity index (χ1v) is 9.09. The van der Waals surface area contributed by atoms with E-state index in [9.17, 15) is 9.90 Å². The quantitative estimate of drug-likeness (QED) is 0.849. The summed E-state index contributed by atoms with van der Waals surface area (Å²) in [5.41, 5.74) is 3.59. The fourth-order valence-electron chi connectivity index (χ4n) is 3.97. The molecule has 0 radical (unpaired) electrons. The van der Waals surface area contributed by atoms with Crippen LogP contribution < -0.4 is 10.1 Å². The number of aliphatic hydroxyl groups excluding tert-OH is 1. The Kier molecular flexibility index (Phi) is 4.40. The van der Waals surface area contributed by atoms with Crippen molar-refractivity contribution >= 4 is 5.91 Å². The van der Waals surface area contributed by atoms with E-state index >= 15 is 0 Å². The van der Waals surface area contributed by atoms with Crippen molar-refractivity contribution < 1.29 is 14.6 Å². The molecule has 1 fully saturated rings. The van der Waals surface area contributed by atoms with Gasteiger partial charge >= 0.3 is 0 Å². The second-order valence-corrected chi connectivity index (χ2v) is 7.29. The van der Waals surface area contributed by atoms with Gasteiger partial charge in [0.05, 0.1) is 25.5 Å². The SMILES string of the molecule is COc1nc2c(cc1C(=O)N[C@@H](c1cnn(C)c1)C1CC(O)C1)CCC2. The van der Waals surface area contributed by atoms with Gasteiger partial charge in [-0.15, -0.1) is 0 Å². The second kappa shape index (κ2) is 6.72. The van der Waals surface area contributed by atoms with E-state index in [0.29, 0.717) is 24.3 Å². The first-order chi connectivity index (χ1) is 12.5. The number of fused-ring (bicyclic) bond motifs is 1. The number of carbonyl (C=O) groups excluding carboxylic acids is 1. The Balaban J connectivity index is 1.60. The zero-order valence-electron chi connectivity index (χ0n) is 15.1. The van der Waals surface area contributed by atoms with Crippen LogP contribution >= 0.6 is 0 Å². The summed E-state index contributed by atoms with van der Waals surface area (Å²) >= 11 is 0. The van der Waals surface area contributed by atoms with Crippen LogP contribution in [0.4, 0.5) is 0 Å². The predicted octanol–water partition coefficient (Wildman–Crippen LogP) is 1.55. The van der Waals surface area contributed by atoms with Crippen molar-refractivity contribution in [1.82, 2.24) is 20.1 Å². The normalized spacial score (nSPS) is 22.4. The van der Waals surface area contributed by atoms with Crippen molar-refractivity contribution in [1.29, 1.82) is 0 Å². The summed E-state index contributed by atoms with van der Waals surface area (Å²) < 4.78 is 7.10. The van der Waals surface area contributed by atoms with Crippen LogP contribution in [0.2, 0.25) is 0 Å². The second-order valence-electron chi connectivity index (χ2n) is 7.29. The monoisotopic (exact) mass is 356 g/mol. The molecule has 138 valence electrons. The molecule has 2 aliphatic carbocycles. The van der Waals surface area contributed by atoms with Gasteiger partial charge in [-0.1, -0.05) is 0 Å². The number of methoxy groups -OCH3 is 1. The van der Waals surface area contributed by atoms with Crippen molar-refractivity contribution in [2.75, 3.05) is 7.11 Å². The lowest BCUT2D eigenvalue weighted by atomic mass is 9.75. The number of nitrogens with zero attached hydrogens (tertiary/aromatic N) is 3. The van der Waals surface area contributed by atoms with Crippen molar-refractivity contribution in [3.63, 3.8) is 0 Å². The number of rotatable bonds is 5. The van der Waals surface area contributed by atoms with Gasteiger partial charge in [-0.3, -0.25) is 9.48 Å². The number of amides is 1. The van der Waals surface area contributed by atoms with E-state index in [0.717, 1.165) is 36.1 Å². The van der Waals surface area contributed by atoms with Gasteiger partial charge in [-0.2, -0.15) is 5.10 Å². The maximum absolute atomic E-state index is 13.0. The highest BCUT2D eigenvalue weighted by atomic mass is 16.5. The molecule has 1 atom stereocenters. The van der Waals surface area contributed by atoms with Crippen LogP contribution in [-0.4, -0.2) is 39.0 Å². The van der Waals surface area contributed by atoms with Crippen LogP contribution in [0, 0.1) is 5.92 Å². The number of hydrogen-bond acceptors (Lipinski definition) is 5. The Morgan fingerprint density at radius 1 is 1.42 bits per heavy atom. The molecule has 0 bridgehead atoms. The van der Waals surface area contributed by atoms with Crippen LogP contribution in [0.15, 0.2) is 18.5 Å². The van der Waals surface area contributed by atoms with Gasteiger partial charge < -0.3 is 15.2 Å². The van der Waals surface area contributed by atoms with Gasteiger partial charge in [0.2, 0.25) is 5.88 Å². The summed E-state index contributed by atoms with van der Waals surface area (Å²) in [5.74, 6) is 0.382. The third-order valence-corrected chi connectivity index (χ3v) is 5.45. The lowest BCUT2D eigenvalue weighted by molar-refractivity contribution is 0.0235. The average Bonchev–Trinajstić information content (AvgIpc) is 3.23. The van der Waals surface area contributed by atoms with Gasteiger partial charge in [-0.25, -0.2) is 4.98 Å². The number of ether oxygens (including phenoxy) is 1. The number of hydrogen-bond donors (Lipinski definition) is 2. The minimum Gasteiger partial charge on any atom is -0.480 e. The molecule has 0 saturated heterocycles. The molecule has 2 aliphatic rings. The smallest absolute Gasteiger partial charge is 0.257 e.